The highest BCUT2D eigenvalue weighted by molar-refractivity contribution is 5.85. The largest absolute Gasteiger partial charge is 0.433 e. The van der Waals surface area contributed by atoms with Gasteiger partial charge in [0.15, 0.2) is 6.04 Å². The molecule has 2 atom stereocenters. The summed E-state index contributed by atoms with van der Waals surface area (Å²) in [6.45, 7) is 2.46. The number of esters is 1. The van der Waals surface area contributed by atoms with E-state index in [1.165, 1.54) is 5.06 Å². The molecule has 0 saturated carbocycles. The van der Waals surface area contributed by atoms with E-state index in [9.17, 15) is 9.59 Å². The second-order valence-electron chi connectivity index (χ2n) is 4.56. The van der Waals surface area contributed by atoms with Crippen LogP contribution in [0.4, 0.5) is 0 Å². The molecule has 0 radical (unpaired) electrons. The molecule has 2 aliphatic rings. The van der Waals surface area contributed by atoms with Gasteiger partial charge in [-0.25, -0.2) is 9.59 Å². The van der Waals surface area contributed by atoms with Gasteiger partial charge in [0.05, 0.1) is 19.2 Å². The van der Waals surface area contributed by atoms with Crippen LogP contribution in [0.5, 0.6) is 0 Å². The Hall–Kier alpha value is -2.16. The molecule has 0 spiro atoms. The Labute approximate surface area is 116 Å². The molecule has 2 heterocycles. The van der Waals surface area contributed by atoms with Crippen LogP contribution in [-0.4, -0.2) is 60.2 Å². The van der Waals surface area contributed by atoms with Crippen LogP contribution in [0.1, 0.15) is 12.8 Å². The number of rotatable bonds is 5. The highest BCUT2D eigenvalue weighted by atomic mass is 16.7. The van der Waals surface area contributed by atoms with E-state index in [1.54, 1.807) is 11.0 Å². The number of hydrogen-bond acceptors (Lipinski definition) is 8. The lowest BCUT2D eigenvalue weighted by molar-refractivity contribution is -0.181. The van der Waals surface area contributed by atoms with Gasteiger partial charge in [-0.15, -0.1) is 5.06 Å². The van der Waals surface area contributed by atoms with E-state index in [4.69, 9.17) is 20.1 Å². The fraction of sp³-hybridized carbons (Fsp3) is 0.667. The Kier molecular flexibility index (Phi) is 4.51. The summed E-state index contributed by atoms with van der Waals surface area (Å²) in [5.74, 6) is -1.82. The Morgan fingerprint density at radius 2 is 1.65 bits per heavy atom. The molecule has 0 aliphatic carbocycles. The van der Waals surface area contributed by atoms with Gasteiger partial charge >= 0.3 is 11.9 Å². The highest BCUT2D eigenvalue weighted by Gasteiger charge is 2.35. The summed E-state index contributed by atoms with van der Waals surface area (Å²) in [6, 6.07) is 2.33. The first-order valence-electron chi connectivity index (χ1n) is 6.36. The molecule has 8 nitrogen and oxygen atoms in total. The van der Waals surface area contributed by atoms with E-state index in [0.717, 1.165) is 12.8 Å². The van der Waals surface area contributed by atoms with E-state index in [2.05, 4.69) is 0 Å². The van der Waals surface area contributed by atoms with E-state index < -0.39 is 24.1 Å². The Morgan fingerprint density at radius 3 is 2.15 bits per heavy atom. The van der Waals surface area contributed by atoms with Crippen molar-refractivity contribution in [1.82, 2.24) is 9.96 Å². The number of nitriles is 2. The van der Waals surface area contributed by atoms with Crippen LogP contribution in [0.3, 0.4) is 0 Å². The van der Waals surface area contributed by atoms with Crippen molar-refractivity contribution >= 4 is 11.9 Å². The van der Waals surface area contributed by atoms with Crippen LogP contribution >= 0.6 is 0 Å². The van der Waals surface area contributed by atoms with Gasteiger partial charge in [0.25, 0.3) is 6.10 Å². The number of hydroxylamine groups is 2. The predicted molar refractivity (Wildman–Crippen MR) is 63.4 cm³/mol. The second kappa shape index (κ2) is 6.33. The third-order valence-corrected chi connectivity index (χ3v) is 3.04. The quantitative estimate of drug-likeness (QED) is 0.474. The van der Waals surface area contributed by atoms with Gasteiger partial charge in [-0.05, 0) is 25.9 Å². The molecule has 2 fully saturated rings. The second-order valence-corrected chi connectivity index (χ2v) is 4.56. The van der Waals surface area contributed by atoms with Gasteiger partial charge in [-0.1, -0.05) is 0 Å². The minimum absolute atomic E-state index is 0.604. The average molecular weight is 278 g/mol. The average Bonchev–Trinajstić information content (AvgIpc) is 3.08. The molecular weight excluding hydrogens is 264 g/mol. The summed E-state index contributed by atoms with van der Waals surface area (Å²) in [4.78, 5) is 29.8. The van der Waals surface area contributed by atoms with Crippen LogP contribution in [0, 0.1) is 22.7 Å². The normalized spacial score (nSPS) is 21.3. The SMILES string of the molecule is N#CC(OC(=O)C(C#N)N1CCCC1)C(=O)ON1CC1. The summed E-state index contributed by atoms with van der Waals surface area (Å²) in [5, 5.41) is 19.2. The van der Waals surface area contributed by atoms with E-state index >= 15 is 0 Å². The number of carbonyl (C=O) groups excluding carboxylic acids is 2. The molecule has 2 aliphatic heterocycles. The smallest absolute Gasteiger partial charge is 0.381 e. The standard InChI is InChI=1S/C12H14N4O4/c13-7-9(15-3-1-2-4-15)11(17)19-10(8-14)12(18)20-16-5-6-16/h9-10H,1-6H2. The van der Waals surface area contributed by atoms with Gasteiger partial charge in [0, 0.05) is 0 Å². The summed E-state index contributed by atoms with van der Waals surface area (Å²) in [6.07, 6.45) is 0.176. The first-order valence-corrected chi connectivity index (χ1v) is 6.36. The highest BCUT2D eigenvalue weighted by Crippen LogP contribution is 2.14. The van der Waals surface area contributed by atoms with Crippen molar-refractivity contribution in [2.75, 3.05) is 26.2 Å². The molecule has 0 aromatic heterocycles. The Morgan fingerprint density at radius 1 is 1.00 bits per heavy atom. The summed E-state index contributed by atoms with van der Waals surface area (Å²) >= 11 is 0. The predicted octanol–water partition coefficient (Wildman–Crippen LogP) is -0.816. The summed E-state index contributed by atoms with van der Waals surface area (Å²) in [5.41, 5.74) is 0. The zero-order valence-corrected chi connectivity index (χ0v) is 10.8. The van der Waals surface area contributed by atoms with Gasteiger partial charge in [-0.2, -0.15) is 10.5 Å². The number of hydrogen-bond donors (Lipinski definition) is 0. The van der Waals surface area contributed by atoms with E-state index in [-0.39, 0.29) is 0 Å². The fourth-order valence-corrected chi connectivity index (χ4v) is 1.90. The summed E-state index contributed by atoms with van der Waals surface area (Å²) in [7, 11) is 0. The Bertz CT molecular complexity index is 471. The molecule has 106 valence electrons. The van der Waals surface area contributed by atoms with Crippen molar-refractivity contribution < 1.29 is 19.2 Å². The lowest BCUT2D eigenvalue weighted by Gasteiger charge is -2.20. The number of carbonyl (C=O) groups is 2. The Balaban J connectivity index is 1.91. The molecule has 20 heavy (non-hydrogen) atoms. The molecule has 0 aromatic carbocycles. The summed E-state index contributed by atoms with van der Waals surface area (Å²) < 4.78 is 4.79. The van der Waals surface area contributed by atoms with Crippen LogP contribution in [0.2, 0.25) is 0 Å². The molecule has 2 rings (SSSR count). The first kappa shape index (κ1) is 14.3. The maximum atomic E-state index is 11.9. The maximum absolute atomic E-state index is 11.9. The molecule has 2 unspecified atom stereocenters. The third kappa shape index (κ3) is 3.44. The van der Waals surface area contributed by atoms with Crippen LogP contribution in [0.25, 0.3) is 0 Å². The molecule has 0 aromatic rings. The zero-order valence-electron chi connectivity index (χ0n) is 10.8. The topological polar surface area (TPSA) is 106 Å². The molecule has 8 heteroatoms. The van der Waals surface area contributed by atoms with E-state index in [1.807, 2.05) is 6.07 Å². The molecular formula is C12H14N4O4. The zero-order chi connectivity index (χ0) is 14.5. The molecule has 2 saturated heterocycles. The first-order chi connectivity index (χ1) is 9.65. The van der Waals surface area contributed by atoms with Crippen molar-refractivity contribution in [3.63, 3.8) is 0 Å². The number of likely N-dealkylation sites (tertiary alicyclic amines) is 1. The van der Waals surface area contributed by atoms with Crippen molar-refractivity contribution in [3.05, 3.63) is 0 Å². The van der Waals surface area contributed by atoms with Gasteiger partial charge in [0.2, 0.25) is 0 Å². The monoisotopic (exact) mass is 278 g/mol. The molecule has 0 amide bonds. The lowest BCUT2D eigenvalue weighted by Crippen LogP contribution is -2.42. The minimum Gasteiger partial charge on any atom is -0.433 e. The van der Waals surface area contributed by atoms with Crippen LogP contribution < -0.4 is 0 Å². The number of nitrogens with zero attached hydrogens (tertiary/aromatic N) is 4. The number of ether oxygens (including phenoxy) is 1. The van der Waals surface area contributed by atoms with Gasteiger partial charge in [-0.3, -0.25) is 4.90 Å². The minimum atomic E-state index is -1.64. The third-order valence-electron chi connectivity index (χ3n) is 3.04. The lowest BCUT2D eigenvalue weighted by atomic mass is 10.3. The van der Waals surface area contributed by atoms with Crippen molar-refractivity contribution in [2.45, 2.75) is 25.0 Å². The fourth-order valence-electron chi connectivity index (χ4n) is 1.90. The maximum Gasteiger partial charge on any atom is 0.381 e. The molecule has 0 bridgehead atoms. The van der Waals surface area contributed by atoms with Crippen molar-refractivity contribution in [1.29, 1.82) is 10.5 Å². The van der Waals surface area contributed by atoms with Crippen molar-refractivity contribution in [2.24, 2.45) is 0 Å². The van der Waals surface area contributed by atoms with Gasteiger partial charge < -0.3 is 9.57 Å². The van der Waals surface area contributed by atoms with Crippen LogP contribution in [-0.2, 0) is 19.2 Å². The van der Waals surface area contributed by atoms with E-state index in [0.29, 0.717) is 26.2 Å². The van der Waals surface area contributed by atoms with Gasteiger partial charge in [0.1, 0.15) is 6.07 Å². The molecule has 0 N–H and O–H groups in total. The van der Waals surface area contributed by atoms with Crippen molar-refractivity contribution in [3.8, 4) is 12.1 Å². The van der Waals surface area contributed by atoms with Crippen LogP contribution in [0.15, 0.2) is 0 Å².